The summed E-state index contributed by atoms with van der Waals surface area (Å²) in [5, 5.41) is 227. The Balaban J connectivity index is 1.09. The van der Waals surface area contributed by atoms with Crippen molar-refractivity contribution in [2.45, 2.75) is 247 Å². The lowest BCUT2D eigenvalue weighted by atomic mass is 9.95. The summed E-state index contributed by atoms with van der Waals surface area (Å²) in [5.74, 6) is -2.89. The first kappa shape index (κ1) is 92.7. The summed E-state index contributed by atoms with van der Waals surface area (Å²) in [6.07, 6.45) is -72.0. The molecule has 21 heterocycles. The van der Waals surface area contributed by atoms with E-state index in [1.54, 1.807) is 0 Å². The monoisotopic (exact) mass is 1660 g/mol. The normalized spacial score (nSPS) is 43.0. The van der Waals surface area contributed by atoms with Crippen LogP contribution >= 0.6 is 48.8 Å². The van der Waals surface area contributed by atoms with Gasteiger partial charge in [0.2, 0.25) is 11.8 Å². The number of carbonyl (C=O) groups excluding carboxylic acids is 4. The van der Waals surface area contributed by atoms with Crippen molar-refractivity contribution in [1.29, 1.82) is 0 Å². The van der Waals surface area contributed by atoms with Crippen molar-refractivity contribution >= 4 is 72.2 Å². The number of nitrogens with one attached hydrogen (secondary N) is 3. The third-order valence-corrected chi connectivity index (χ3v) is 22.2. The SMILES string of the molecule is CN[C@H](CSCC1O[C@H]2O[C@@H]3C(CO)OC(O[C@@H]4C(CO)OC(O[C@@H]5C(CO)O[C@H](O[C@@H]6C(CSC[C@@H](CC(=O)CCOCCOCCC(C)=O)C(=O)NCCS)O[C@H](O[C@@H]7C(CO)O[C@@H](O[C@@H]8C(CO)O[C@@H](O[C@H]1[C@H](O)C2O)C(O)[C@H]8O)C(O)[C@H]7O)C(O)[C@H]6O)C(O)[C@H]5O)[C@@H](O)[C@H]4O)[C@@H](O)[C@H]3O)C(=O)NCCS. The Bertz CT molecular complexity index is 2740. The fraction of sp³-hybridized carbons (Fsp3) is 0.937. The van der Waals surface area contributed by atoms with Crippen LogP contribution in [-0.4, -0.2) is 456 Å². The minimum atomic E-state index is -2.29. The quantitative estimate of drug-likeness (QED) is 0.0226. The number of hydrogen-bond acceptors (Lipinski definition) is 44. The number of ketones is 2. The van der Waals surface area contributed by atoms with Gasteiger partial charge < -0.3 is 189 Å². The Hall–Kier alpha value is -1.76. The Morgan fingerprint density at radius 2 is 0.633 bits per heavy atom. The van der Waals surface area contributed by atoms with Gasteiger partial charge in [0.25, 0.3) is 0 Å². The Morgan fingerprint density at radius 1 is 0.367 bits per heavy atom. The molecule has 42 nitrogen and oxygen atoms in total. The standard InChI is InChI=1S/C63H107N3O39S4/c1-23(72)3-7-90-9-10-91-8-4-25(73)13-24(55(88)65-5-11-106)19-108-21-32-53-39(79)46(86)62(97-32)102-51-30(17-70)93-59(42(82)35(51)75)101-50-29(16-69)96-61(45(85)38(50)78)105-54-33(22-109-20-26(64-2)56(89)66-6-12-107)98-63(47(87)40(54)80)103-52-31(18-71)94-58(43(83)36(52)76)99-48-27(14-67)92-57(41(81)34(48)74)100-49-28(15-68)95-60(104-53)44(84)37(49)77/h24,26-54,57-64,67-71,74-87,106-107H,3-22H2,1-2H3,(H,65,88)(H,66,89)/t24-,26-,27?,28?,29?,30?,31?,32?,33?,34-,35-,36-,37-,38-,39-,40-,41+,42?,43+,44?,45?,46?,47?,48-,49-,50-,51-,52-,53-,54-,57?,58?,59+,60-,61+,62-,63+/m1/s1. The molecular formula is C63H107N3O39S4. The van der Waals surface area contributed by atoms with Gasteiger partial charge in [0.05, 0.1) is 83.6 Å². The number of carbonyl (C=O) groups is 4. The van der Waals surface area contributed by atoms with Gasteiger partial charge in [-0.25, -0.2) is 0 Å². The highest BCUT2D eigenvalue weighted by atomic mass is 32.2. The first-order chi connectivity index (χ1) is 52.1. The number of aliphatic hydroxyl groups excluding tert-OH is 19. The lowest BCUT2D eigenvalue weighted by Gasteiger charge is -2.50. The molecule has 14 unspecified atom stereocenters. The molecule has 21 fully saturated rings. The maximum atomic E-state index is 13.7. The van der Waals surface area contributed by atoms with E-state index in [1.165, 1.54) is 14.0 Å². The highest BCUT2D eigenvalue weighted by molar-refractivity contribution is 7.99. The van der Waals surface area contributed by atoms with Gasteiger partial charge in [-0.3, -0.25) is 19.2 Å². The predicted molar refractivity (Wildman–Crippen MR) is 370 cm³/mol. The van der Waals surface area contributed by atoms with Crippen molar-refractivity contribution in [2.24, 2.45) is 5.92 Å². The number of Topliss-reactive ketones (excluding diaryl/α,β-unsaturated/α-hetero) is 2. The van der Waals surface area contributed by atoms with E-state index in [1.807, 2.05) is 0 Å². The Kier molecular flexibility index (Phi) is 38.0. The summed E-state index contributed by atoms with van der Waals surface area (Å²) in [5.41, 5.74) is 0. The molecule has 21 aliphatic rings. The number of thiol groups is 2. The molecule has 0 aromatic rings. The second kappa shape index (κ2) is 44.7. The largest absolute Gasteiger partial charge is 0.394 e. The van der Waals surface area contributed by atoms with Crippen LogP contribution in [0.2, 0.25) is 0 Å². The number of aliphatic hydroxyl groups is 19. The van der Waals surface area contributed by atoms with Gasteiger partial charge in [0.1, 0.15) is 170 Å². The molecule has 14 bridgehead atoms. The zero-order valence-electron chi connectivity index (χ0n) is 59.4. The van der Waals surface area contributed by atoms with E-state index >= 15 is 0 Å². The van der Waals surface area contributed by atoms with E-state index < -0.39 is 278 Å². The third-order valence-electron chi connectivity index (χ3n) is 19.4. The molecule has 0 radical (unpaired) electrons. The highest BCUT2D eigenvalue weighted by Crippen LogP contribution is 2.40. The fourth-order valence-electron chi connectivity index (χ4n) is 13.3. The summed E-state index contributed by atoms with van der Waals surface area (Å²) in [6, 6.07) is -0.860. The maximum Gasteiger partial charge on any atom is 0.238 e. The van der Waals surface area contributed by atoms with Crippen molar-refractivity contribution in [2.75, 3.05) is 114 Å². The molecular weight excluding hydrogens is 1550 g/mol. The van der Waals surface area contributed by atoms with Crippen LogP contribution in [0.4, 0.5) is 0 Å². The van der Waals surface area contributed by atoms with Crippen LogP contribution in [0, 0.1) is 5.92 Å². The van der Waals surface area contributed by atoms with Crippen LogP contribution in [-0.2, 0) is 95.0 Å². The van der Waals surface area contributed by atoms with Gasteiger partial charge in [-0.1, -0.05) is 0 Å². The lowest BCUT2D eigenvalue weighted by Crippen LogP contribution is -2.68. The maximum absolute atomic E-state index is 13.7. The smallest absolute Gasteiger partial charge is 0.238 e. The van der Waals surface area contributed by atoms with Crippen molar-refractivity contribution in [3.63, 3.8) is 0 Å². The Labute approximate surface area is 644 Å². The molecule has 22 N–H and O–H groups in total. The van der Waals surface area contributed by atoms with Crippen LogP contribution in [0.3, 0.4) is 0 Å². The van der Waals surface area contributed by atoms with E-state index in [9.17, 15) is 116 Å². The molecule has 46 heteroatoms. The van der Waals surface area contributed by atoms with Gasteiger partial charge in [0.15, 0.2) is 44.0 Å². The van der Waals surface area contributed by atoms with Crippen LogP contribution in [0.1, 0.15) is 26.2 Å². The van der Waals surface area contributed by atoms with Crippen molar-refractivity contribution < 1.29 is 192 Å². The summed E-state index contributed by atoms with van der Waals surface area (Å²) in [7, 11) is 1.50. The molecule has 21 aliphatic heterocycles. The average molecular weight is 1660 g/mol. The predicted octanol–water partition coefficient (Wildman–Crippen LogP) is -13.1. The van der Waals surface area contributed by atoms with Crippen LogP contribution in [0.15, 0.2) is 0 Å². The molecule has 21 rings (SSSR count). The van der Waals surface area contributed by atoms with Gasteiger partial charge in [-0.15, -0.1) is 0 Å². The van der Waals surface area contributed by atoms with E-state index in [-0.39, 0.29) is 93.3 Å². The first-order valence-electron chi connectivity index (χ1n) is 35.6. The topological polar surface area (TPSA) is 636 Å². The van der Waals surface area contributed by atoms with E-state index in [0.29, 0.717) is 5.75 Å². The van der Waals surface area contributed by atoms with Crippen LogP contribution in [0.25, 0.3) is 0 Å². The average Bonchev–Trinajstić information content (AvgIpc) is 0.804. The number of amides is 2. The van der Waals surface area contributed by atoms with Gasteiger partial charge >= 0.3 is 0 Å². The minimum absolute atomic E-state index is 0.0103. The second-order valence-corrected chi connectivity index (χ2v) is 30.1. The molecule has 0 aromatic heterocycles. The van der Waals surface area contributed by atoms with Crippen LogP contribution in [0.5, 0.6) is 0 Å². The number of ether oxygens (including phenoxy) is 16. The molecule has 2 amide bonds. The number of likely N-dealkylation sites (N-methyl/N-ethyl adjacent to an activating group) is 1. The van der Waals surface area contributed by atoms with Crippen LogP contribution < -0.4 is 16.0 Å². The molecule has 0 saturated carbocycles. The molecule has 632 valence electrons. The number of thioether (sulfide) groups is 2. The molecule has 37 atom stereocenters. The third kappa shape index (κ3) is 23.6. The first-order valence-corrected chi connectivity index (χ1v) is 39.2. The van der Waals surface area contributed by atoms with Crippen molar-refractivity contribution in [1.82, 2.24) is 16.0 Å². The fourth-order valence-corrected chi connectivity index (χ4v) is 15.9. The van der Waals surface area contributed by atoms with Gasteiger partial charge in [-0.2, -0.15) is 48.8 Å². The summed E-state index contributed by atoms with van der Waals surface area (Å²) in [6.45, 7) is -3.37. The zero-order valence-corrected chi connectivity index (χ0v) is 62.8. The van der Waals surface area contributed by atoms with Gasteiger partial charge in [-0.05, 0) is 14.0 Å². The van der Waals surface area contributed by atoms with E-state index in [2.05, 4.69) is 41.2 Å². The Morgan fingerprint density at radius 3 is 0.908 bits per heavy atom. The molecule has 109 heavy (non-hydrogen) atoms. The minimum Gasteiger partial charge on any atom is -0.394 e. The molecule has 0 aliphatic carbocycles. The summed E-state index contributed by atoms with van der Waals surface area (Å²) in [4.78, 5) is 51.3. The molecule has 0 aromatic carbocycles. The highest BCUT2D eigenvalue weighted by Gasteiger charge is 2.60. The summed E-state index contributed by atoms with van der Waals surface area (Å²) >= 11 is 10.2. The lowest BCUT2D eigenvalue weighted by molar-refractivity contribution is -0.395. The van der Waals surface area contributed by atoms with Gasteiger partial charge in [0, 0.05) is 66.9 Å². The summed E-state index contributed by atoms with van der Waals surface area (Å²) < 4.78 is 94.6. The van der Waals surface area contributed by atoms with Crippen molar-refractivity contribution in [3.8, 4) is 0 Å². The molecule has 21 saturated heterocycles. The van der Waals surface area contributed by atoms with E-state index in [4.69, 9.17) is 75.8 Å². The number of hydrogen-bond donors (Lipinski definition) is 24. The molecule has 0 spiro atoms. The zero-order chi connectivity index (χ0) is 79.7. The van der Waals surface area contributed by atoms with Crippen molar-refractivity contribution in [3.05, 3.63) is 0 Å². The van der Waals surface area contributed by atoms with E-state index in [0.717, 1.165) is 23.5 Å². The second-order valence-electron chi connectivity index (χ2n) is 27.1. The number of rotatable bonds is 31.